The Morgan fingerprint density at radius 2 is 1.75 bits per heavy atom. The van der Waals surface area contributed by atoms with E-state index in [9.17, 15) is 13.2 Å². The number of hydrogen-bond acceptors (Lipinski definition) is 1. The van der Waals surface area contributed by atoms with Crippen molar-refractivity contribution >= 4 is 15.9 Å². The van der Waals surface area contributed by atoms with Crippen molar-refractivity contribution in [1.29, 1.82) is 0 Å². The summed E-state index contributed by atoms with van der Waals surface area (Å²) in [6, 6.07) is 6.84. The van der Waals surface area contributed by atoms with Gasteiger partial charge in [-0.3, -0.25) is 0 Å². The highest BCUT2D eigenvalue weighted by Gasteiger charge is 2.32. The van der Waals surface area contributed by atoms with E-state index in [4.69, 9.17) is 0 Å². The SMILES string of the molecule is FC(F)(F)c1cnn(-c2ccc(Br)cc2)c1. The smallest absolute Gasteiger partial charge is 0.240 e. The Morgan fingerprint density at radius 3 is 2.25 bits per heavy atom. The zero-order valence-electron chi connectivity index (χ0n) is 7.87. The molecule has 0 atom stereocenters. The van der Waals surface area contributed by atoms with Gasteiger partial charge in [0.15, 0.2) is 0 Å². The van der Waals surface area contributed by atoms with E-state index in [2.05, 4.69) is 21.0 Å². The lowest BCUT2D eigenvalue weighted by Gasteiger charge is -2.02. The molecular formula is C10H6BrF3N2. The van der Waals surface area contributed by atoms with Crippen molar-refractivity contribution in [3.8, 4) is 5.69 Å². The standard InChI is InChI=1S/C10H6BrF3N2/c11-8-1-3-9(4-2-8)16-6-7(5-15-16)10(12,13)14/h1-6H. The van der Waals surface area contributed by atoms with Crippen molar-refractivity contribution in [2.45, 2.75) is 6.18 Å². The van der Waals surface area contributed by atoms with Gasteiger partial charge in [-0.15, -0.1) is 0 Å². The summed E-state index contributed by atoms with van der Waals surface area (Å²) in [5.41, 5.74) is -0.172. The van der Waals surface area contributed by atoms with Crippen LogP contribution in [-0.2, 0) is 6.18 Å². The van der Waals surface area contributed by atoms with Crippen LogP contribution >= 0.6 is 15.9 Å². The maximum atomic E-state index is 12.3. The summed E-state index contributed by atoms with van der Waals surface area (Å²) >= 11 is 3.25. The third kappa shape index (κ3) is 2.27. The Hall–Kier alpha value is -1.30. The maximum Gasteiger partial charge on any atom is 0.419 e. The summed E-state index contributed by atoms with van der Waals surface area (Å²) in [4.78, 5) is 0. The minimum atomic E-state index is -4.35. The lowest BCUT2D eigenvalue weighted by atomic mass is 10.3. The van der Waals surface area contributed by atoms with E-state index in [1.54, 1.807) is 24.3 Å². The Bertz CT molecular complexity index is 488. The fourth-order valence-corrected chi connectivity index (χ4v) is 1.47. The molecule has 0 saturated heterocycles. The first-order chi connectivity index (χ1) is 7.47. The van der Waals surface area contributed by atoms with Crippen LogP contribution in [-0.4, -0.2) is 9.78 Å². The Balaban J connectivity index is 2.35. The van der Waals surface area contributed by atoms with Gasteiger partial charge >= 0.3 is 6.18 Å². The van der Waals surface area contributed by atoms with Crippen LogP contribution in [0, 0.1) is 0 Å². The molecule has 0 aliphatic heterocycles. The monoisotopic (exact) mass is 290 g/mol. The van der Waals surface area contributed by atoms with Crippen LogP contribution in [0.15, 0.2) is 41.1 Å². The molecule has 0 aliphatic rings. The van der Waals surface area contributed by atoms with Crippen molar-refractivity contribution < 1.29 is 13.2 Å². The van der Waals surface area contributed by atoms with Gasteiger partial charge in [-0.05, 0) is 24.3 Å². The number of benzene rings is 1. The molecule has 0 radical (unpaired) electrons. The molecule has 6 heteroatoms. The molecule has 1 aromatic heterocycles. The molecule has 0 bridgehead atoms. The number of alkyl halides is 3. The summed E-state index contributed by atoms with van der Waals surface area (Å²) in [7, 11) is 0. The van der Waals surface area contributed by atoms with E-state index in [1.165, 1.54) is 4.68 Å². The molecule has 0 saturated carbocycles. The largest absolute Gasteiger partial charge is 0.419 e. The van der Waals surface area contributed by atoms with Gasteiger partial charge in [-0.1, -0.05) is 15.9 Å². The highest BCUT2D eigenvalue weighted by atomic mass is 79.9. The predicted molar refractivity (Wildman–Crippen MR) is 56.3 cm³/mol. The number of rotatable bonds is 1. The van der Waals surface area contributed by atoms with Crippen LogP contribution in [0.2, 0.25) is 0 Å². The van der Waals surface area contributed by atoms with Crippen molar-refractivity contribution in [3.63, 3.8) is 0 Å². The summed E-state index contributed by atoms with van der Waals surface area (Å²) < 4.78 is 39.0. The second-order valence-corrected chi connectivity index (χ2v) is 4.06. The predicted octanol–water partition coefficient (Wildman–Crippen LogP) is 3.65. The van der Waals surface area contributed by atoms with Crippen LogP contribution in [0.3, 0.4) is 0 Å². The first-order valence-corrected chi connectivity index (χ1v) is 5.14. The first-order valence-electron chi connectivity index (χ1n) is 4.34. The topological polar surface area (TPSA) is 17.8 Å². The first kappa shape index (κ1) is 11.2. The molecule has 0 unspecified atom stereocenters. The average molecular weight is 291 g/mol. The van der Waals surface area contributed by atoms with Gasteiger partial charge in [0.2, 0.25) is 0 Å². The fourth-order valence-electron chi connectivity index (χ4n) is 1.20. The van der Waals surface area contributed by atoms with Crippen molar-refractivity contribution in [2.75, 3.05) is 0 Å². The Kier molecular flexibility index (Phi) is 2.75. The van der Waals surface area contributed by atoms with Crippen LogP contribution in [0.4, 0.5) is 13.2 Å². The quantitative estimate of drug-likeness (QED) is 0.784. The lowest BCUT2D eigenvalue weighted by molar-refractivity contribution is -0.137. The molecule has 16 heavy (non-hydrogen) atoms. The van der Waals surface area contributed by atoms with Gasteiger partial charge in [0.1, 0.15) is 0 Å². The van der Waals surface area contributed by atoms with E-state index in [-0.39, 0.29) is 0 Å². The number of nitrogens with zero attached hydrogens (tertiary/aromatic N) is 2. The molecule has 0 spiro atoms. The van der Waals surface area contributed by atoms with E-state index in [0.29, 0.717) is 5.69 Å². The second kappa shape index (κ2) is 3.93. The van der Waals surface area contributed by atoms with Crippen molar-refractivity contribution in [2.24, 2.45) is 0 Å². The molecule has 0 N–H and O–H groups in total. The van der Waals surface area contributed by atoms with Gasteiger partial charge in [0.25, 0.3) is 0 Å². The second-order valence-electron chi connectivity index (χ2n) is 3.15. The van der Waals surface area contributed by atoms with E-state index >= 15 is 0 Å². The maximum absolute atomic E-state index is 12.3. The van der Waals surface area contributed by atoms with Crippen molar-refractivity contribution in [3.05, 3.63) is 46.7 Å². The summed E-state index contributed by atoms with van der Waals surface area (Å²) in [6.45, 7) is 0. The highest BCUT2D eigenvalue weighted by Crippen LogP contribution is 2.29. The molecule has 2 aromatic rings. The number of halogens is 4. The van der Waals surface area contributed by atoms with Gasteiger partial charge in [-0.25, -0.2) is 4.68 Å². The number of aromatic nitrogens is 2. The van der Waals surface area contributed by atoms with E-state index < -0.39 is 11.7 Å². The zero-order valence-corrected chi connectivity index (χ0v) is 9.46. The van der Waals surface area contributed by atoms with Gasteiger partial charge < -0.3 is 0 Å². The van der Waals surface area contributed by atoms with E-state index in [1.807, 2.05) is 0 Å². The molecule has 1 aromatic carbocycles. The molecule has 0 fully saturated rings. The molecular weight excluding hydrogens is 285 g/mol. The number of hydrogen-bond donors (Lipinski definition) is 0. The Morgan fingerprint density at radius 1 is 1.12 bits per heavy atom. The van der Waals surface area contributed by atoms with Gasteiger partial charge in [0.05, 0.1) is 17.4 Å². The summed E-state index contributed by atoms with van der Waals surface area (Å²) in [5, 5.41) is 3.66. The normalized spacial score (nSPS) is 11.8. The third-order valence-electron chi connectivity index (χ3n) is 2.00. The highest BCUT2D eigenvalue weighted by molar-refractivity contribution is 9.10. The summed E-state index contributed by atoms with van der Waals surface area (Å²) in [6.07, 6.45) is -2.58. The fraction of sp³-hybridized carbons (Fsp3) is 0.100. The van der Waals surface area contributed by atoms with Gasteiger partial charge in [-0.2, -0.15) is 18.3 Å². The summed E-state index contributed by atoms with van der Waals surface area (Å²) in [5.74, 6) is 0. The molecule has 2 nitrogen and oxygen atoms in total. The molecule has 1 heterocycles. The minimum absolute atomic E-state index is 0.582. The third-order valence-corrected chi connectivity index (χ3v) is 2.53. The molecule has 0 amide bonds. The van der Waals surface area contributed by atoms with Crippen LogP contribution < -0.4 is 0 Å². The lowest BCUT2D eigenvalue weighted by Crippen LogP contribution is -2.02. The molecule has 2 rings (SSSR count). The minimum Gasteiger partial charge on any atom is -0.240 e. The van der Waals surface area contributed by atoms with Crippen molar-refractivity contribution in [1.82, 2.24) is 9.78 Å². The van der Waals surface area contributed by atoms with Crippen LogP contribution in [0.5, 0.6) is 0 Å². The van der Waals surface area contributed by atoms with Crippen LogP contribution in [0.1, 0.15) is 5.56 Å². The molecule has 0 aliphatic carbocycles. The zero-order chi connectivity index (χ0) is 11.8. The average Bonchev–Trinajstić information content (AvgIpc) is 2.67. The molecule has 84 valence electrons. The van der Waals surface area contributed by atoms with E-state index in [0.717, 1.165) is 16.9 Å². The van der Waals surface area contributed by atoms with Crippen LogP contribution in [0.25, 0.3) is 5.69 Å². The Labute approximate surface area is 97.8 Å². The van der Waals surface area contributed by atoms with Gasteiger partial charge in [0, 0.05) is 10.7 Å².